The number of carbonyl (C=O) groups is 1. The standard InChI is InChI=1S/C16H20N4O4S3/c1-3-10-25-16-19-18-15(26-16)17-14(21)13-8-9-20(27(2,22)23)11-6-4-5-7-12(11)24-13/h4-7,13H,3,8-10H2,1-2H3,(H,17,18,21). The van der Waals surface area contributed by atoms with Crippen LogP contribution in [0.1, 0.15) is 19.8 Å². The lowest BCUT2D eigenvalue weighted by Crippen LogP contribution is -2.35. The fourth-order valence-corrected chi connectivity index (χ4v) is 5.18. The van der Waals surface area contributed by atoms with E-state index < -0.39 is 16.1 Å². The Kier molecular flexibility index (Phi) is 6.22. The first-order valence-corrected chi connectivity index (χ1v) is 12.0. The maximum Gasteiger partial charge on any atom is 0.267 e. The molecule has 27 heavy (non-hydrogen) atoms. The number of rotatable bonds is 6. The van der Waals surface area contributed by atoms with E-state index in [1.165, 1.54) is 15.6 Å². The Hall–Kier alpha value is -1.85. The average Bonchev–Trinajstić information content (AvgIpc) is 2.95. The van der Waals surface area contributed by atoms with Crippen LogP contribution in [0.2, 0.25) is 0 Å². The van der Waals surface area contributed by atoms with Gasteiger partial charge in [0, 0.05) is 18.7 Å². The lowest BCUT2D eigenvalue weighted by Gasteiger charge is -2.20. The van der Waals surface area contributed by atoms with Crippen LogP contribution < -0.4 is 14.4 Å². The maximum atomic E-state index is 12.6. The van der Waals surface area contributed by atoms with E-state index in [9.17, 15) is 13.2 Å². The normalized spacial score (nSPS) is 17.0. The number of ether oxygens (including phenoxy) is 1. The summed E-state index contributed by atoms with van der Waals surface area (Å²) in [5.74, 6) is 0.923. The van der Waals surface area contributed by atoms with Crippen LogP contribution in [0.25, 0.3) is 0 Å². The van der Waals surface area contributed by atoms with Gasteiger partial charge in [0.05, 0.1) is 11.9 Å². The van der Waals surface area contributed by atoms with Crippen LogP contribution in [0, 0.1) is 0 Å². The van der Waals surface area contributed by atoms with Crippen LogP contribution in [0.15, 0.2) is 28.6 Å². The lowest BCUT2D eigenvalue weighted by atomic mass is 10.2. The van der Waals surface area contributed by atoms with Crippen molar-refractivity contribution in [2.24, 2.45) is 0 Å². The third-order valence-electron chi connectivity index (χ3n) is 3.76. The summed E-state index contributed by atoms with van der Waals surface area (Å²) in [5.41, 5.74) is 0.435. The highest BCUT2D eigenvalue weighted by atomic mass is 32.2. The minimum absolute atomic E-state index is 0.154. The van der Waals surface area contributed by atoms with Crippen molar-refractivity contribution in [3.8, 4) is 5.75 Å². The van der Waals surface area contributed by atoms with Gasteiger partial charge < -0.3 is 4.74 Å². The van der Waals surface area contributed by atoms with Crippen molar-refractivity contribution >= 4 is 49.8 Å². The molecular weight excluding hydrogens is 408 g/mol. The summed E-state index contributed by atoms with van der Waals surface area (Å²) in [6, 6.07) is 6.79. The number of fused-ring (bicyclic) bond motifs is 1. The van der Waals surface area contributed by atoms with Gasteiger partial charge in [0.25, 0.3) is 5.91 Å². The summed E-state index contributed by atoms with van der Waals surface area (Å²) in [6.45, 7) is 2.24. The number of anilines is 2. The van der Waals surface area contributed by atoms with Crippen LogP contribution in [0.4, 0.5) is 10.8 Å². The molecule has 1 aromatic carbocycles. The number of aromatic nitrogens is 2. The van der Waals surface area contributed by atoms with Crippen molar-refractivity contribution in [1.82, 2.24) is 10.2 Å². The summed E-state index contributed by atoms with van der Waals surface area (Å²) < 4.78 is 32.1. The zero-order valence-corrected chi connectivity index (χ0v) is 17.4. The van der Waals surface area contributed by atoms with Gasteiger partial charge >= 0.3 is 0 Å². The number of sulfonamides is 1. The molecule has 1 unspecified atom stereocenters. The second kappa shape index (κ2) is 8.44. The average molecular weight is 429 g/mol. The molecule has 11 heteroatoms. The van der Waals surface area contributed by atoms with Crippen LogP contribution in [-0.2, 0) is 14.8 Å². The number of amides is 1. The number of nitrogens with one attached hydrogen (secondary N) is 1. The number of para-hydroxylation sites is 2. The highest BCUT2D eigenvalue weighted by Crippen LogP contribution is 2.34. The van der Waals surface area contributed by atoms with Crippen molar-refractivity contribution < 1.29 is 17.9 Å². The van der Waals surface area contributed by atoms with Crippen molar-refractivity contribution in [2.75, 3.05) is 28.2 Å². The van der Waals surface area contributed by atoms with Crippen molar-refractivity contribution in [3.63, 3.8) is 0 Å². The highest BCUT2D eigenvalue weighted by molar-refractivity contribution is 8.01. The number of carbonyl (C=O) groups excluding carboxylic acids is 1. The SMILES string of the molecule is CCCSc1nnc(NC(=O)C2CCN(S(C)(=O)=O)c3ccccc3O2)s1. The first-order chi connectivity index (χ1) is 12.9. The summed E-state index contributed by atoms with van der Waals surface area (Å²) in [7, 11) is -3.48. The first kappa shape index (κ1) is 19.9. The third-order valence-corrected chi connectivity index (χ3v) is 7.11. The Labute approximate surface area is 166 Å². The molecule has 0 radical (unpaired) electrons. The van der Waals surface area contributed by atoms with Crippen molar-refractivity contribution in [3.05, 3.63) is 24.3 Å². The molecule has 0 bridgehead atoms. The van der Waals surface area contributed by atoms with E-state index in [0.29, 0.717) is 16.6 Å². The Morgan fingerprint density at radius 1 is 1.41 bits per heavy atom. The predicted octanol–water partition coefficient (Wildman–Crippen LogP) is 2.60. The first-order valence-electron chi connectivity index (χ1n) is 8.39. The summed E-state index contributed by atoms with van der Waals surface area (Å²) >= 11 is 2.90. The predicted molar refractivity (Wildman–Crippen MR) is 107 cm³/mol. The Morgan fingerprint density at radius 2 is 2.19 bits per heavy atom. The fourth-order valence-electron chi connectivity index (χ4n) is 2.55. The van der Waals surface area contributed by atoms with Crippen LogP contribution in [-0.4, -0.2) is 49.2 Å². The fraction of sp³-hybridized carbons (Fsp3) is 0.438. The van der Waals surface area contributed by atoms with Crippen LogP contribution in [0.3, 0.4) is 0 Å². The van der Waals surface area contributed by atoms with E-state index >= 15 is 0 Å². The lowest BCUT2D eigenvalue weighted by molar-refractivity contribution is -0.122. The number of benzene rings is 1. The molecule has 1 amide bonds. The Morgan fingerprint density at radius 3 is 2.93 bits per heavy atom. The van der Waals surface area contributed by atoms with Gasteiger partial charge in [0.1, 0.15) is 5.75 Å². The molecule has 146 valence electrons. The van der Waals surface area contributed by atoms with E-state index in [4.69, 9.17) is 4.74 Å². The minimum Gasteiger partial charge on any atom is -0.478 e. The molecule has 1 aliphatic heterocycles. The number of thioether (sulfide) groups is 1. The summed E-state index contributed by atoms with van der Waals surface area (Å²) in [5, 5.41) is 11.1. The zero-order valence-electron chi connectivity index (χ0n) is 14.9. The van der Waals surface area contributed by atoms with Gasteiger partial charge in [-0.05, 0) is 18.6 Å². The van der Waals surface area contributed by atoms with E-state index in [0.717, 1.165) is 22.8 Å². The van der Waals surface area contributed by atoms with Crippen molar-refractivity contribution in [1.29, 1.82) is 0 Å². The Bertz CT molecular complexity index is 916. The second-order valence-electron chi connectivity index (χ2n) is 5.91. The molecule has 1 aliphatic rings. The van der Waals surface area contributed by atoms with Crippen LogP contribution >= 0.6 is 23.1 Å². The molecule has 1 N–H and O–H groups in total. The minimum atomic E-state index is -3.48. The van der Waals surface area contributed by atoms with Gasteiger partial charge in [0.2, 0.25) is 15.2 Å². The second-order valence-corrected chi connectivity index (χ2v) is 10.1. The van der Waals surface area contributed by atoms with Gasteiger partial charge in [0.15, 0.2) is 10.4 Å². The van der Waals surface area contributed by atoms with Gasteiger partial charge in [-0.15, -0.1) is 10.2 Å². The number of nitrogens with zero attached hydrogens (tertiary/aromatic N) is 3. The number of hydrogen-bond acceptors (Lipinski definition) is 8. The third kappa shape index (κ3) is 4.90. The largest absolute Gasteiger partial charge is 0.478 e. The van der Waals surface area contributed by atoms with Gasteiger partial charge in [-0.25, -0.2) is 8.42 Å². The van der Waals surface area contributed by atoms with E-state index in [1.807, 2.05) is 0 Å². The van der Waals surface area contributed by atoms with E-state index in [2.05, 4.69) is 22.4 Å². The van der Waals surface area contributed by atoms with Gasteiger partial charge in [-0.2, -0.15) is 0 Å². The molecule has 2 aromatic rings. The monoisotopic (exact) mass is 428 g/mol. The molecular formula is C16H20N4O4S3. The topological polar surface area (TPSA) is 101 Å². The molecule has 1 atom stereocenters. The molecule has 0 saturated carbocycles. The smallest absolute Gasteiger partial charge is 0.267 e. The van der Waals surface area contributed by atoms with Gasteiger partial charge in [-0.3, -0.25) is 14.4 Å². The zero-order chi connectivity index (χ0) is 19.4. The highest BCUT2D eigenvalue weighted by Gasteiger charge is 2.31. The quantitative estimate of drug-likeness (QED) is 0.557. The molecule has 8 nitrogen and oxygen atoms in total. The van der Waals surface area contributed by atoms with Crippen LogP contribution in [0.5, 0.6) is 5.75 Å². The molecule has 0 aliphatic carbocycles. The number of hydrogen-bond donors (Lipinski definition) is 1. The molecule has 0 fully saturated rings. The van der Waals surface area contributed by atoms with Crippen molar-refractivity contribution in [2.45, 2.75) is 30.2 Å². The molecule has 0 spiro atoms. The van der Waals surface area contributed by atoms with E-state index in [1.54, 1.807) is 36.0 Å². The van der Waals surface area contributed by atoms with Gasteiger partial charge in [-0.1, -0.05) is 42.2 Å². The summed E-state index contributed by atoms with van der Waals surface area (Å²) in [4.78, 5) is 12.6. The Balaban J connectivity index is 1.74. The molecule has 1 aromatic heterocycles. The molecule has 2 heterocycles. The molecule has 0 saturated heterocycles. The summed E-state index contributed by atoms with van der Waals surface area (Å²) in [6.07, 6.45) is 1.57. The molecule has 3 rings (SSSR count). The maximum absolute atomic E-state index is 12.6. The van der Waals surface area contributed by atoms with E-state index in [-0.39, 0.29) is 18.9 Å².